The second kappa shape index (κ2) is 4.07. The molecule has 0 aliphatic rings. The monoisotopic (exact) mass is 238 g/mol. The fourth-order valence-electron chi connectivity index (χ4n) is 1.93. The molecule has 1 heterocycles. The maximum atomic E-state index is 5.74. The Morgan fingerprint density at radius 3 is 2.83 bits per heavy atom. The van der Waals surface area contributed by atoms with Gasteiger partial charge in [-0.15, -0.1) is 0 Å². The highest BCUT2D eigenvalue weighted by molar-refractivity contribution is 5.81. The molecule has 0 fully saturated rings. The number of aromatic amines is 1. The molecule has 4 N–H and O–H groups in total. The third-order valence-corrected chi connectivity index (χ3v) is 2.90. The van der Waals surface area contributed by atoms with Gasteiger partial charge < -0.3 is 16.0 Å². The van der Waals surface area contributed by atoms with Crippen molar-refractivity contribution in [3.8, 4) is 0 Å². The number of nitrogens with one attached hydrogen (secondary N) is 2. The van der Waals surface area contributed by atoms with E-state index in [1.165, 1.54) is 5.56 Å². The lowest BCUT2D eigenvalue weighted by Crippen LogP contribution is -1.94. The standard InChI is InChI=1S/C14H14N4/c1-9-4-2-3-5-11(9)16-14-17-12-7-6-10(15)8-13(12)18-14/h2-8H,15H2,1H3,(H2,16,17,18). The van der Waals surface area contributed by atoms with Crippen LogP contribution in [-0.2, 0) is 0 Å². The zero-order valence-electron chi connectivity index (χ0n) is 10.1. The maximum Gasteiger partial charge on any atom is 0.205 e. The Labute approximate surface area is 105 Å². The van der Waals surface area contributed by atoms with E-state index < -0.39 is 0 Å². The fourth-order valence-corrected chi connectivity index (χ4v) is 1.93. The predicted molar refractivity (Wildman–Crippen MR) is 75.0 cm³/mol. The van der Waals surface area contributed by atoms with Gasteiger partial charge in [0, 0.05) is 11.4 Å². The molecule has 0 radical (unpaired) electrons. The van der Waals surface area contributed by atoms with Gasteiger partial charge in [-0.2, -0.15) is 0 Å². The number of aromatic nitrogens is 2. The molecule has 0 saturated heterocycles. The topological polar surface area (TPSA) is 66.7 Å². The Bertz CT molecular complexity index is 700. The summed E-state index contributed by atoms with van der Waals surface area (Å²) >= 11 is 0. The van der Waals surface area contributed by atoms with Gasteiger partial charge in [0.2, 0.25) is 5.95 Å². The van der Waals surface area contributed by atoms with E-state index in [0.717, 1.165) is 28.4 Å². The lowest BCUT2D eigenvalue weighted by atomic mass is 10.2. The van der Waals surface area contributed by atoms with E-state index in [0.29, 0.717) is 0 Å². The first-order valence-corrected chi connectivity index (χ1v) is 5.80. The maximum absolute atomic E-state index is 5.74. The van der Waals surface area contributed by atoms with Crippen molar-refractivity contribution in [2.24, 2.45) is 0 Å². The van der Waals surface area contributed by atoms with E-state index in [-0.39, 0.29) is 0 Å². The Hall–Kier alpha value is -2.49. The van der Waals surface area contributed by atoms with Crippen LogP contribution in [0.25, 0.3) is 11.0 Å². The summed E-state index contributed by atoms with van der Waals surface area (Å²) < 4.78 is 0. The molecule has 0 atom stereocenters. The summed E-state index contributed by atoms with van der Waals surface area (Å²) in [4.78, 5) is 7.68. The third kappa shape index (κ3) is 1.88. The van der Waals surface area contributed by atoms with Crippen LogP contribution < -0.4 is 11.1 Å². The molecule has 1 aromatic heterocycles. The van der Waals surface area contributed by atoms with E-state index in [1.54, 1.807) is 0 Å². The summed E-state index contributed by atoms with van der Waals surface area (Å²) in [6.07, 6.45) is 0. The van der Waals surface area contributed by atoms with Crippen LogP contribution in [0.5, 0.6) is 0 Å². The second-order valence-corrected chi connectivity index (χ2v) is 4.30. The average molecular weight is 238 g/mol. The second-order valence-electron chi connectivity index (χ2n) is 4.30. The highest BCUT2D eigenvalue weighted by Gasteiger charge is 2.04. The first-order valence-electron chi connectivity index (χ1n) is 5.80. The number of hydrogen-bond acceptors (Lipinski definition) is 3. The van der Waals surface area contributed by atoms with Gasteiger partial charge in [-0.3, -0.25) is 0 Å². The van der Waals surface area contributed by atoms with Crippen molar-refractivity contribution in [2.75, 3.05) is 11.1 Å². The van der Waals surface area contributed by atoms with E-state index in [4.69, 9.17) is 5.73 Å². The van der Waals surface area contributed by atoms with Gasteiger partial charge in [-0.25, -0.2) is 4.98 Å². The van der Waals surface area contributed by atoms with Gasteiger partial charge in [0.15, 0.2) is 0 Å². The Morgan fingerprint density at radius 1 is 1.17 bits per heavy atom. The van der Waals surface area contributed by atoms with Crippen molar-refractivity contribution in [2.45, 2.75) is 6.92 Å². The molecule has 0 amide bonds. The normalized spacial score (nSPS) is 10.7. The highest BCUT2D eigenvalue weighted by Crippen LogP contribution is 2.21. The van der Waals surface area contributed by atoms with Crippen molar-refractivity contribution >= 4 is 28.4 Å². The van der Waals surface area contributed by atoms with Crippen LogP contribution in [0.4, 0.5) is 17.3 Å². The number of anilines is 3. The van der Waals surface area contributed by atoms with E-state index in [2.05, 4.69) is 28.3 Å². The van der Waals surface area contributed by atoms with Crippen LogP contribution in [0.1, 0.15) is 5.56 Å². The number of nitrogen functional groups attached to an aromatic ring is 1. The minimum atomic E-state index is 0.727. The Morgan fingerprint density at radius 2 is 2.00 bits per heavy atom. The molecule has 0 bridgehead atoms. The van der Waals surface area contributed by atoms with Gasteiger partial charge in [-0.1, -0.05) is 18.2 Å². The first kappa shape index (κ1) is 10.7. The number of nitrogens with zero attached hydrogens (tertiary/aromatic N) is 1. The highest BCUT2D eigenvalue weighted by atomic mass is 15.1. The molecule has 18 heavy (non-hydrogen) atoms. The van der Waals surface area contributed by atoms with Crippen LogP contribution in [0.15, 0.2) is 42.5 Å². The van der Waals surface area contributed by atoms with Gasteiger partial charge >= 0.3 is 0 Å². The molecule has 2 aromatic carbocycles. The van der Waals surface area contributed by atoms with Crippen molar-refractivity contribution in [1.29, 1.82) is 0 Å². The minimum Gasteiger partial charge on any atom is -0.399 e. The molecule has 3 rings (SSSR count). The Balaban J connectivity index is 1.98. The zero-order chi connectivity index (χ0) is 12.5. The molecule has 0 aliphatic carbocycles. The van der Waals surface area contributed by atoms with Crippen LogP contribution in [0.3, 0.4) is 0 Å². The predicted octanol–water partition coefficient (Wildman–Crippen LogP) is 3.20. The number of aryl methyl sites for hydroxylation is 1. The summed E-state index contributed by atoms with van der Waals surface area (Å²) in [6.45, 7) is 2.06. The Kier molecular flexibility index (Phi) is 2.41. The fraction of sp³-hybridized carbons (Fsp3) is 0.0714. The largest absolute Gasteiger partial charge is 0.399 e. The van der Waals surface area contributed by atoms with Crippen molar-refractivity contribution in [3.63, 3.8) is 0 Å². The summed E-state index contributed by atoms with van der Waals surface area (Å²) in [5, 5.41) is 3.27. The number of fused-ring (bicyclic) bond motifs is 1. The van der Waals surface area contributed by atoms with Crippen molar-refractivity contribution < 1.29 is 0 Å². The van der Waals surface area contributed by atoms with E-state index in [9.17, 15) is 0 Å². The molecule has 0 unspecified atom stereocenters. The molecular weight excluding hydrogens is 224 g/mol. The number of imidazole rings is 1. The molecule has 0 aliphatic heterocycles. The number of H-pyrrole nitrogens is 1. The number of nitrogens with two attached hydrogens (primary N) is 1. The van der Waals surface area contributed by atoms with Crippen LogP contribution >= 0.6 is 0 Å². The van der Waals surface area contributed by atoms with Crippen LogP contribution in [-0.4, -0.2) is 9.97 Å². The van der Waals surface area contributed by atoms with Gasteiger partial charge in [0.25, 0.3) is 0 Å². The summed E-state index contributed by atoms with van der Waals surface area (Å²) in [5.41, 5.74) is 10.5. The summed E-state index contributed by atoms with van der Waals surface area (Å²) in [5.74, 6) is 0.727. The van der Waals surface area contributed by atoms with Gasteiger partial charge in [0.1, 0.15) is 0 Å². The van der Waals surface area contributed by atoms with Gasteiger partial charge in [-0.05, 0) is 36.8 Å². The average Bonchev–Trinajstić information content (AvgIpc) is 2.73. The molecule has 90 valence electrons. The lowest BCUT2D eigenvalue weighted by molar-refractivity contribution is 1.29. The first-order chi connectivity index (χ1) is 8.72. The van der Waals surface area contributed by atoms with E-state index >= 15 is 0 Å². The van der Waals surface area contributed by atoms with E-state index in [1.807, 2.05) is 36.4 Å². The summed E-state index contributed by atoms with van der Waals surface area (Å²) in [7, 11) is 0. The zero-order valence-corrected chi connectivity index (χ0v) is 10.1. The molecule has 0 spiro atoms. The quantitative estimate of drug-likeness (QED) is 0.600. The smallest absolute Gasteiger partial charge is 0.205 e. The van der Waals surface area contributed by atoms with Crippen molar-refractivity contribution in [3.05, 3.63) is 48.0 Å². The van der Waals surface area contributed by atoms with Crippen LogP contribution in [0.2, 0.25) is 0 Å². The molecule has 4 heteroatoms. The SMILES string of the molecule is Cc1ccccc1Nc1nc2ccc(N)cc2[nH]1. The number of benzene rings is 2. The number of para-hydroxylation sites is 1. The molecular formula is C14H14N4. The molecule has 0 saturated carbocycles. The number of rotatable bonds is 2. The van der Waals surface area contributed by atoms with Crippen molar-refractivity contribution in [1.82, 2.24) is 9.97 Å². The lowest BCUT2D eigenvalue weighted by Gasteiger charge is -2.05. The third-order valence-electron chi connectivity index (χ3n) is 2.90. The molecule has 3 aromatic rings. The molecule has 4 nitrogen and oxygen atoms in total. The van der Waals surface area contributed by atoms with Crippen LogP contribution in [0, 0.1) is 6.92 Å². The number of hydrogen-bond donors (Lipinski definition) is 3. The summed E-state index contributed by atoms with van der Waals surface area (Å²) in [6, 6.07) is 13.7. The minimum absolute atomic E-state index is 0.727. The van der Waals surface area contributed by atoms with Gasteiger partial charge in [0.05, 0.1) is 11.0 Å².